The maximum atomic E-state index is 13.7. The Bertz CT molecular complexity index is 1460. The van der Waals surface area contributed by atoms with Gasteiger partial charge in [-0.1, -0.05) is 36.4 Å². The minimum Gasteiger partial charge on any atom is -0.478 e. The van der Waals surface area contributed by atoms with Crippen LogP contribution in [0.4, 0.5) is 5.82 Å². The number of esters is 3. The fourth-order valence-corrected chi connectivity index (χ4v) is 4.70. The zero-order valence-electron chi connectivity index (χ0n) is 25.6. The summed E-state index contributed by atoms with van der Waals surface area (Å²) in [7, 11) is 0. The molecule has 1 aromatic heterocycles. The van der Waals surface area contributed by atoms with Gasteiger partial charge < -0.3 is 39.0 Å². The first-order valence-electron chi connectivity index (χ1n) is 14.5. The SMILES string of the molecule is CC(C)(C)NC[C@@H](COc1nsnc1N1CCOCC1)OC(=O)[C@H](OC(=O)c1ccccc1)[C@@H](OC(=O)c1ccccc1)C(=O)O. The van der Waals surface area contributed by atoms with Gasteiger partial charge in [-0.15, -0.1) is 4.37 Å². The van der Waals surface area contributed by atoms with Crippen LogP contribution in [0.5, 0.6) is 5.88 Å². The largest absolute Gasteiger partial charge is 0.478 e. The third kappa shape index (κ3) is 9.95. The number of hydrogen-bond acceptors (Lipinski definition) is 14. The summed E-state index contributed by atoms with van der Waals surface area (Å²) in [6, 6.07) is 15.2. The van der Waals surface area contributed by atoms with Gasteiger partial charge in [0, 0.05) is 25.2 Å². The van der Waals surface area contributed by atoms with Gasteiger partial charge in [0.05, 0.1) is 36.1 Å². The van der Waals surface area contributed by atoms with Crippen LogP contribution in [0.3, 0.4) is 0 Å². The molecule has 3 atom stereocenters. The number of nitrogens with zero attached hydrogens (tertiary/aromatic N) is 3. The number of benzene rings is 2. The molecule has 0 saturated carbocycles. The van der Waals surface area contributed by atoms with E-state index in [9.17, 15) is 24.3 Å². The van der Waals surface area contributed by atoms with E-state index in [0.29, 0.717) is 32.1 Å². The second-order valence-electron chi connectivity index (χ2n) is 11.2. The highest BCUT2D eigenvalue weighted by atomic mass is 32.1. The molecule has 0 aliphatic carbocycles. The number of morpholine rings is 1. The molecule has 1 saturated heterocycles. The Morgan fingerprint density at radius 3 is 2.00 bits per heavy atom. The topological polar surface area (TPSA) is 176 Å². The summed E-state index contributed by atoms with van der Waals surface area (Å²) < 4.78 is 36.2. The number of carboxylic acid groups (broad SMARTS) is 1. The second kappa shape index (κ2) is 16.1. The highest BCUT2D eigenvalue weighted by Gasteiger charge is 2.43. The number of ether oxygens (including phenoxy) is 5. The van der Waals surface area contributed by atoms with Crippen LogP contribution in [0.15, 0.2) is 60.7 Å². The number of carbonyl (C=O) groups is 4. The molecule has 1 aliphatic rings. The van der Waals surface area contributed by atoms with E-state index in [4.69, 9.17) is 23.7 Å². The van der Waals surface area contributed by atoms with Crippen molar-refractivity contribution in [1.82, 2.24) is 14.1 Å². The van der Waals surface area contributed by atoms with Gasteiger partial charge in [-0.25, -0.2) is 19.2 Å². The maximum absolute atomic E-state index is 13.7. The van der Waals surface area contributed by atoms with Crippen LogP contribution in [-0.4, -0.2) is 101 Å². The number of rotatable bonds is 14. The van der Waals surface area contributed by atoms with Crippen LogP contribution in [0, 0.1) is 0 Å². The molecular weight excluding hydrogens is 620 g/mol. The van der Waals surface area contributed by atoms with E-state index in [-0.39, 0.29) is 30.2 Å². The van der Waals surface area contributed by atoms with Crippen molar-refractivity contribution in [2.24, 2.45) is 0 Å². The van der Waals surface area contributed by atoms with Crippen LogP contribution in [0.1, 0.15) is 41.5 Å². The van der Waals surface area contributed by atoms with Crippen molar-refractivity contribution in [2.75, 3.05) is 44.4 Å². The van der Waals surface area contributed by atoms with E-state index in [2.05, 4.69) is 14.1 Å². The van der Waals surface area contributed by atoms with Crippen molar-refractivity contribution in [3.63, 3.8) is 0 Å². The molecule has 2 N–H and O–H groups in total. The van der Waals surface area contributed by atoms with Gasteiger partial charge in [0.25, 0.3) is 5.88 Å². The summed E-state index contributed by atoms with van der Waals surface area (Å²) >= 11 is 0.962. The summed E-state index contributed by atoms with van der Waals surface area (Å²) in [5.41, 5.74) is -0.330. The molecule has 1 aliphatic heterocycles. The van der Waals surface area contributed by atoms with Crippen molar-refractivity contribution in [2.45, 2.75) is 44.6 Å². The predicted octanol–water partition coefficient (Wildman–Crippen LogP) is 2.59. The Morgan fingerprint density at radius 1 is 0.891 bits per heavy atom. The van der Waals surface area contributed by atoms with E-state index < -0.39 is 47.7 Å². The lowest BCUT2D eigenvalue weighted by Crippen LogP contribution is -2.50. The monoisotopic (exact) mass is 656 g/mol. The van der Waals surface area contributed by atoms with E-state index in [0.717, 1.165) is 11.7 Å². The smallest absolute Gasteiger partial charge is 0.352 e. The molecule has 14 nitrogen and oxygen atoms in total. The fourth-order valence-electron chi connectivity index (χ4n) is 4.18. The van der Waals surface area contributed by atoms with Gasteiger partial charge in [0.15, 0.2) is 0 Å². The first kappa shape index (κ1) is 34.3. The Balaban J connectivity index is 1.57. The van der Waals surface area contributed by atoms with Crippen LogP contribution < -0.4 is 15.0 Å². The van der Waals surface area contributed by atoms with Gasteiger partial charge in [0.1, 0.15) is 12.7 Å². The zero-order chi connectivity index (χ0) is 33.1. The second-order valence-corrected chi connectivity index (χ2v) is 11.7. The molecule has 3 aromatic rings. The van der Waals surface area contributed by atoms with Gasteiger partial charge in [0.2, 0.25) is 18.0 Å². The molecule has 2 aromatic carbocycles. The molecule has 0 amide bonds. The lowest BCUT2D eigenvalue weighted by atomic mass is 10.1. The van der Waals surface area contributed by atoms with Crippen LogP contribution in [0.25, 0.3) is 0 Å². The van der Waals surface area contributed by atoms with E-state index in [1.165, 1.54) is 24.3 Å². The highest BCUT2D eigenvalue weighted by Crippen LogP contribution is 2.26. The summed E-state index contributed by atoms with van der Waals surface area (Å²) in [5, 5.41) is 13.3. The van der Waals surface area contributed by atoms with Crippen LogP contribution in [-0.2, 0) is 28.5 Å². The minimum atomic E-state index is -2.24. The van der Waals surface area contributed by atoms with Gasteiger partial charge >= 0.3 is 23.9 Å². The molecule has 2 heterocycles. The van der Waals surface area contributed by atoms with E-state index in [1.807, 2.05) is 25.7 Å². The van der Waals surface area contributed by atoms with Crippen molar-refractivity contribution >= 4 is 41.4 Å². The zero-order valence-corrected chi connectivity index (χ0v) is 26.4. The Kier molecular flexibility index (Phi) is 12.0. The highest BCUT2D eigenvalue weighted by molar-refractivity contribution is 6.99. The predicted molar refractivity (Wildman–Crippen MR) is 165 cm³/mol. The molecule has 0 unspecified atom stereocenters. The van der Waals surface area contributed by atoms with Gasteiger partial charge in [-0.05, 0) is 45.0 Å². The summed E-state index contributed by atoms with van der Waals surface area (Å²) in [6.07, 6.45) is -5.43. The molecule has 4 rings (SSSR count). The van der Waals surface area contributed by atoms with E-state index >= 15 is 0 Å². The molecule has 1 fully saturated rings. The maximum Gasteiger partial charge on any atom is 0.352 e. The normalized spacial score (nSPS) is 15.2. The standard InChI is InChI=1S/C31H36N4O10S/c1-31(2,3)32-18-22(19-42-26-25(33-46-34-26)35-14-16-41-17-15-35)43-30(40)24(45-29(39)21-12-8-5-9-13-21)23(27(36)37)44-28(38)20-10-6-4-7-11-20/h4-13,22-24,32H,14-19H2,1-3H3,(H,36,37)/t22-,23+,24+/m0/s1. The number of nitrogens with one attached hydrogen (secondary N) is 1. The lowest BCUT2D eigenvalue weighted by Gasteiger charge is -2.29. The average Bonchev–Trinajstić information content (AvgIpc) is 3.53. The third-order valence-corrected chi connectivity index (χ3v) is 7.04. The van der Waals surface area contributed by atoms with Crippen molar-refractivity contribution in [1.29, 1.82) is 0 Å². The quantitative estimate of drug-likeness (QED) is 0.191. The summed E-state index contributed by atoms with van der Waals surface area (Å²) in [4.78, 5) is 53.9. The van der Waals surface area contributed by atoms with Crippen molar-refractivity contribution < 1.29 is 48.0 Å². The van der Waals surface area contributed by atoms with Gasteiger partial charge in [-0.2, -0.15) is 4.37 Å². The molecule has 15 heteroatoms. The Morgan fingerprint density at radius 2 is 1.46 bits per heavy atom. The molecule has 246 valence electrons. The van der Waals surface area contributed by atoms with Crippen molar-refractivity contribution in [3.8, 4) is 5.88 Å². The summed E-state index contributed by atoms with van der Waals surface area (Å²) in [5.74, 6) is -4.29. The number of aliphatic carboxylic acids is 1. The molecule has 0 bridgehead atoms. The van der Waals surface area contributed by atoms with Crippen molar-refractivity contribution in [3.05, 3.63) is 71.8 Å². The lowest BCUT2D eigenvalue weighted by molar-refractivity contribution is -0.175. The number of hydrogen-bond donors (Lipinski definition) is 2. The first-order valence-corrected chi connectivity index (χ1v) is 15.2. The Labute approximate surface area is 269 Å². The average molecular weight is 657 g/mol. The number of carbonyl (C=O) groups excluding carboxylic acids is 3. The molecule has 0 radical (unpaired) electrons. The van der Waals surface area contributed by atoms with E-state index in [1.54, 1.807) is 36.4 Å². The number of carboxylic acids is 1. The molecular formula is C31H36N4O10S. The molecule has 0 spiro atoms. The van der Waals surface area contributed by atoms with Gasteiger partial charge in [-0.3, -0.25) is 0 Å². The Hall–Kier alpha value is -4.60. The summed E-state index contributed by atoms with van der Waals surface area (Å²) in [6.45, 7) is 7.81. The third-order valence-electron chi connectivity index (χ3n) is 6.54. The number of anilines is 1. The molecule has 46 heavy (non-hydrogen) atoms. The minimum absolute atomic E-state index is 0.0313. The first-order chi connectivity index (χ1) is 22.0. The van der Waals surface area contributed by atoms with Crippen LogP contribution in [0.2, 0.25) is 0 Å². The fraction of sp³-hybridized carbons (Fsp3) is 0.419. The van der Waals surface area contributed by atoms with Crippen LogP contribution >= 0.6 is 11.7 Å². The number of aromatic nitrogens is 2.